The first-order valence-electron chi connectivity index (χ1n) is 5.06. The fourth-order valence-electron chi connectivity index (χ4n) is 1.18. The second-order valence-electron chi connectivity index (χ2n) is 3.49. The lowest BCUT2D eigenvalue weighted by Crippen LogP contribution is -2.24. The van der Waals surface area contributed by atoms with E-state index < -0.39 is 10.0 Å². The van der Waals surface area contributed by atoms with Gasteiger partial charge in [0.25, 0.3) is 0 Å². The lowest BCUT2D eigenvalue weighted by molar-refractivity contribution is 0.586. The first kappa shape index (κ1) is 13.4. The summed E-state index contributed by atoms with van der Waals surface area (Å²) in [5, 5.41) is 11.7. The summed E-state index contributed by atoms with van der Waals surface area (Å²) in [6.07, 6.45) is 3.34. The molecule has 1 aromatic heterocycles. The molecule has 0 spiro atoms. The third kappa shape index (κ3) is 5.85. The summed E-state index contributed by atoms with van der Waals surface area (Å²) in [4.78, 5) is 3.84. The van der Waals surface area contributed by atoms with Crippen molar-refractivity contribution in [2.45, 2.75) is 6.42 Å². The van der Waals surface area contributed by atoms with Gasteiger partial charge in [-0.2, -0.15) is 5.26 Å². The van der Waals surface area contributed by atoms with Crippen LogP contribution in [-0.2, 0) is 10.0 Å². The molecule has 0 radical (unpaired) electrons. The van der Waals surface area contributed by atoms with Gasteiger partial charge in [-0.15, -0.1) is 0 Å². The van der Waals surface area contributed by atoms with Crippen LogP contribution >= 0.6 is 0 Å². The van der Waals surface area contributed by atoms with Gasteiger partial charge in [0.2, 0.25) is 10.0 Å². The van der Waals surface area contributed by atoms with Crippen LogP contribution in [-0.4, -0.2) is 32.7 Å². The van der Waals surface area contributed by atoms with Crippen molar-refractivity contribution < 1.29 is 8.42 Å². The highest BCUT2D eigenvalue weighted by Gasteiger charge is 1.99. The molecular formula is C10H14N4O2S. The third-order valence-corrected chi connectivity index (χ3v) is 2.65. The minimum absolute atomic E-state index is 0.351. The summed E-state index contributed by atoms with van der Waals surface area (Å²) in [6.45, 7) is 1.01. The number of pyridine rings is 1. The van der Waals surface area contributed by atoms with E-state index in [2.05, 4.69) is 15.0 Å². The minimum atomic E-state index is -3.11. The summed E-state index contributed by atoms with van der Waals surface area (Å²) >= 11 is 0. The summed E-state index contributed by atoms with van der Waals surface area (Å²) in [5.74, 6) is 0. The highest BCUT2D eigenvalue weighted by molar-refractivity contribution is 7.88. The van der Waals surface area contributed by atoms with Gasteiger partial charge < -0.3 is 5.32 Å². The molecule has 0 amide bonds. The Morgan fingerprint density at radius 3 is 2.88 bits per heavy atom. The van der Waals surface area contributed by atoms with E-state index >= 15 is 0 Å². The fraction of sp³-hybridized carbons (Fsp3) is 0.400. The highest BCUT2D eigenvalue weighted by atomic mass is 32.2. The van der Waals surface area contributed by atoms with E-state index in [0.717, 1.165) is 11.9 Å². The van der Waals surface area contributed by atoms with Crippen LogP contribution in [0.15, 0.2) is 18.3 Å². The average Bonchev–Trinajstić information content (AvgIpc) is 2.27. The number of anilines is 1. The van der Waals surface area contributed by atoms with Gasteiger partial charge in [0.05, 0.1) is 6.26 Å². The summed E-state index contributed by atoms with van der Waals surface area (Å²) in [5.41, 5.74) is 1.15. The third-order valence-electron chi connectivity index (χ3n) is 1.92. The number of hydrogen-bond acceptors (Lipinski definition) is 5. The fourth-order valence-corrected chi connectivity index (χ4v) is 1.70. The Morgan fingerprint density at radius 1 is 1.47 bits per heavy atom. The molecule has 0 fully saturated rings. The van der Waals surface area contributed by atoms with Gasteiger partial charge in [-0.3, -0.25) is 0 Å². The molecule has 0 aliphatic carbocycles. The zero-order chi connectivity index (χ0) is 12.7. The first-order chi connectivity index (χ1) is 8.01. The van der Waals surface area contributed by atoms with Crippen LogP contribution in [0.5, 0.6) is 0 Å². The van der Waals surface area contributed by atoms with Crippen molar-refractivity contribution in [2.75, 3.05) is 24.7 Å². The maximum atomic E-state index is 10.8. The van der Waals surface area contributed by atoms with Crippen molar-refractivity contribution in [2.24, 2.45) is 0 Å². The van der Waals surface area contributed by atoms with E-state index in [-0.39, 0.29) is 0 Å². The van der Waals surface area contributed by atoms with Crippen LogP contribution in [0.1, 0.15) is 12.1 Å². The molecule has 0 aliphatic rings. The topological polar surface area (TPSA) is 94.9 Å². The SMILES string of the molecule is CS(=O)(=O)NCCCNc1ccnc(C#N)c1. The lowest BCUT2D eigenvalue weighted by Gasteiger charge is -2.06. The summed E-state index contributed by atoms with van der Waals surface area (Å²) < 4.78 is 23.9. The van der Waals surface area contributed by atoms with Gasteiger partial charge in [0.1, 0.15) is 11.8 Å². The number of nitriles is 1. The number of nitrogens with zero attached hydrogens (tertiary/aromatic N) is 2. The molecule has 1 rings (SSSR count). The van der Waals surface area contributed by atoms with Crippen LogP contribution in [0.3, 0.4) is 0 Å². The molecule has 0 aliphatic heterocycles. The van der Waals surface area contributed by atoms with Gasteiger partial charge in [0.15, 0.2) is 0 Å². The normalized spacial score (nSPS) is 10.8. The Labute approximate surface area is 101 Å². The molecule has 7 heteroatoms. The standard InChI is InChI=1S/C10H14N4O2S/c1-17(15,16)14-5-2-4-12-9-3-6-13-10(7-9)8-11/h3,6-7,14H,2,4-5H2,1H3,(H,12,13). The van der Waals surface area contributed by atoms with Gasteiger partial charge in [0, 0.05) is 25.0 Å². The molecule has 0 unspecified atom stereocenters. The Morgan fingerprint density at radius 2 is 2.24 bits per heavy atom. The molecule has 1 aromatic rings. The molecule has 0 bridgehead atoms. The van der Waals surface area contributed by atoms with Crippen LogP contribution in [0, 0.1) is 11.3 Å². The van der Waals surface area contributed by atoms with Crippen molar-refractivity contribution in [1.29, 1.82) is 5.26 Å². The molecule has 0 aromatic carbocycles. The first-order valence-corrected chi connectivity index (χ1v) is 6.95. The summed E-state index contributed by atoms with van der Waals surface area (Å²) in [7, 11) is -3.11. The molecule has 2 N–H and O–H groups in total. The number of sulfonamides is 1. The lowest BCUT2D eigenvalue weighted by atomic mass is 10.3. The number of nitrogens with one attached hydrogen (secondary N) is 2. The van der Waals surface area contributed by atoms with E-state index in [1.165, 1.54) is 0 Å². The maximum Gasteiger partial charge on any atom is 0.208 e. The summed E-state index contributed by atoms with van der Waals surface area (Å²) in [6, 6.07) is 5.34. The van der Waals surface area contributed by atoms with Gasteiger partial charge in [-0.05, 0) is 18.6 Å². The Hall–Kier alpha value is -1.65. The quantitative estimate of drug-likeness (QED) is 0.712. The van der Waals surface area contributed by atoms with E-state index in [0.29, 0.717) is 25.2 Å². The average molecular weight is 254 g/mol. The molecule has 0 saturated carbocycles. The van der Waals surface area contributed by atoms with Crippen molar-refractivity contribution in [3.8, 4) is 6.07 Å². The molecular weight excluding hydrogens is 240 g/mol. The second kappa shape index (κ2) is 6.18. The highest BCUT2D eigenvalue weighted by Crippen LogP contribution is 2.06. The van der Waals surface area contributed by atoms with Crippen molar-refractivity contribution in [3.05, 3.63) is 24.0 Å². The van der Waals surface area contributed by atoms with Gasteiger partial charge in [-0.1, -0.05) is 0 Å². The Bertz CT molecular complexity index is 507. The minimum Gasteiger partial charge on any atom is -0.385 e. The predicted octanol–water partition coefficient (Wildman–Crippen LogP) is 0.304. The van der Waals surface area contributed by atoms with Crippen LogP contribution in [0.2, 0.25) is 0 Å². The molecule has 0 saturated heterocycles. The smallest absolute Gasteiger partial charge is 0.208 e. The largest absolute Gasteiger partial charge is 0.385 e. The van der Waals surface area contributed by atoms with Crippen molar-refractivity contribution in [3.63, 3.8) is 0 Å². The molecule has 17 heavy (non-hydrogen) atoms. The van der Waals surface area contributed by atoms with E-state index in [4.69, 9.17) is 5.26 Å². The number of rotatable bonds is 6. The van der Waals surface area contributed by atoms with Gasteiger partial charge >= 0.3 is 0 Å². The van der Waals surface area contributed by atoms with E-state index in [1.807, 2.05) is 6.07 Å². The maximum absolute atomic E-state index is 10.8. The number of hydrogen-bond donors (Lipinski definition) is 2. The Kier molecular flexibility index (Phi) is 4.87. The monoisotopic (exact) mass is 254 g/mol. The van der Waals surface area contributed by atoms with Gasteiger partial charge in [-0.25, -0.2) is 18.1 Å². The predicted molar refractivity (Wildman–Crippen MR) is 64.9 cm³/mol. The molecule has 6 nitrogen and oxygen atoms in total. The number of aromatic nitrogens is 1. The van der Waals surface area contributed by atoms with E-state index in [9.17, 15) is 8.42 Å². The van der Waals surface area contributed by atoms with Crippen molar-refractivity contribution >= 4 is 15.7 Å². The van der Waals surface area contributed by atoms with Crippen LogP contribution in [0.25, 0.3) is 0 Å². The molecule has 1 heterocycles. The van der Waals surface area contributed by atoms with Crippen LogP contribution < -0.4 is 10.0 Å². The zero-order valence-electron chi connectivity index (χ0n) is 9.47. The van der Waals surface area contributed by atoms with E-state index in [1.54, 1.807) is 18.3 Å². The van der Waals surface area contributed by atoms with Crippen molar-refractivity contribution in [1.82, 2.24) is 9.71 Å². The van der Waals surface area contributed by atoms with Crippen LogP contribution in [0.4, 0.5) is 5.69 Å². The second-order valence-corrected chi connectivity index (χ2v) is 5.32. The zero-order valence-corrected chi connectivity index (χ0v) is 10.3. The molecule has 0 atom stereocenters. The Balaban J connectivity index is 2.29. The molecule has 92 valence electrons.